The van der Waals surface area contributed by atoms with E-state index in [1.54, 1.807) is 0 Å². The van der Waals surface area contributed by atoms with E-state index in [9.17, 15) is 0 Å². The van der Waals surface area contributed by atoms with Crippen LogP contribution in [0.25, 0.3) is 16.8 Å². The fraction of sp³-hybridized carbons (Fsp3) is 0.314. The van der Waals surface area contributed by atoms with Crippen molar-refractivity contribution in [1.29, 1.82) is 0 Å². The van der Waals surface area contributed by atoms with Crippen LogP contribution in [0.4, 0.5) is 5.82 Å². The molecule has 0 saturated carbocycles. The summed E-state index contributed by atoms with van der Waals surface area (Å²) in [5.74, 6) is 1.24. The third-order valence-electron chi connectivity index (χ3n) is 8.14. The molecule has 2 aromatic carbocycles. The Labute approximate surface area is 243 Å². The van der Waals surface area contributed by atoms with E-state index < -0.39 is 0 Å². The summed E-state index contributed by atoms with van der Waals surface area (Å²) in [5, 5.41) is 3.55. The first-order valence-corrected chi connectivity index (χ1v) is 14.9. The van der Waals surface area contributed by atoms with E-state index in [1.165, 1.54) is 59.4 Å². The van der Waals surface area contributed by atoms with Crippen molar-refractivity contribution in [2.24, 2.45) is 0 Å². The van der Waals surface area contributed by atoms with E-state index in [0.29, 0.717) is 0 Å². The zero-order valence-electron chi connectivity index (χ0n) is 24.0. The lowest BCUT2D eigenvalue weighted by Crippen LogP contribution is -2.45. The molecule has 1 saturated heterocycles. The summed E-state index contributed by atoms with van der Waals surface area (Å²) >= 11 is 0. The number of aryl methyl sites for hydroxylation is 2. The van der Waals surface area contributed by atoms with E-state index in [0.717, 1.165) is 50.6 Å². The van der Waals surface area contributed by atoms with E-state index >= 15 is 0 Å². The van der Waals surface area contributed by atoms with Crippen molar-refractivity contribution in [2.75, 3.05) is 38.1 Å². The Morgan fingerprint density at radius 3 is 2.32 bits per heavy atom. The minimum absolute atomic E-state index is 0.754. The highest BCUT2D eigenvalue weighted by Crippen LogP contribution is 2.21. The third-order valence-corrected chi connectivity index (χ3v) is 8.14. The molecule has 1 aliphatic heterocycles. The maximum absolute atomic E-state index is 4.83. The van der Waals surface area contributed by atoms with Crippen molar-refractivity contribution < 1.29 is 0 Å². The predicted octanol–water partition coefficient (Wildman–Crippen LogP) is 6.00. The molecular formula is C35H40N6. The van der Waals surface area contributed by atoms with Crippen LogP contribution in [0.1, 0.15) is 35.4 Å². The number of benzene rings is 2. The maximum Gasteiger partial charge on any atom is 0.138 e. The molecule has 6 nitrogen and oxygen atoms in total. The molecule has 1 aliphatic carbocycles. The van der Waals surface area contributed by atoms with Crippen molar-refractivity contribution in [3.8, 4) is 11.1 Å². The predicted molar refractivity (Wildman–Crippen MR) is 168 cm³/mol. The number of nitrogens with zero attached hydrogens (tertiary/aromatic N) is 5. The zero-order valence-corrected chi connectivity index (χ0v) is 24.0. The van der Waals surface area contributed by atoms with Crippen LogP contribution in [0.15, 0.2) is 97.3 Å². The molecule has 0 amide bonds. The number of aromatic nitrogens is 3. The molecule has 0 spiro atoms. The molecule has 0 radical (unpaired) electrons. The second-order valence-corrected chi connectivity index (χ2v) is 11.1. The molecule has 2 aliphatic rings. The lowest BCUT2D eigenvalue weighted by molar-refractivity contribution is 0.312. The van der Waals surface area contributed by atoms with Gasteiger partial charge in [-0.15, -0.1) is 0 Å². The van der Waals surface area contributed by atoms with Gasteiger partial charge < -0.3 is 15.1 Å². The van der Waals surface area contributed by atoms with Gasteiger partial charge in [-0.2, -0.15) is 0 Å². The smallest absolute Gasteiger partial charge is 0.138 e. The molecule has 0 unspecified atom stereocenters. The SMILES string of the molecule is CN1CCN(c2cccc3nc(CNCc4ccc(-c5ccccc5)cc4)cn23)CC1.c1cnc2c(c1)CCCC2. The molecule has 1 fully saturated rings. The number of hydrogen-bond donors (Lipinski definition) is 1. The highest BCUT2D eigenvalue weighted by molar-refractivity contribution is 5.63. The van der Waals surface area contributed by atoms with Gasteiger partial charge in [0.25, 0.3) is 0 Å². The Kier molecular flexibility index (Phi) is 8.69. The van der Waals surface area contributed by atoms with Crippen LogP contribution in [0.5, 0.6) is 0 Å². The van der Waals surface area contributed by atoms with E-state index in [4.69, 9.17) is 4.98 Å². The van der Waals surface area contributed by atoms with Gasteiger partial charge in [-0.1, -0.05) is 66.7 Å². The highest BCUT2D eigenvalue weighted by atomic mass is 15.3. The number of piperazine rings is 1. The van der Waals surface area contributed by atoms with Crippen molar-refractivity contribution in [3.05, 3.63) is 120 Å². The largest absolute Gasteiger partial charge is 0.355 e. The molecule has 210 valence electrons. The summed E-state index contributed by atoms with van der Waals surface area (Å²) in [6, 6.07) is 29.9. The molecule has 4 heterocycles. The number of hydrogen-bond acceptors (Lipinski definition) is 5. The van der Waals surface area contributed by atoms with Crippen LogP contribution >= 0.6 is 0 Å². The molecule has 1 N–H and O–H groups in total. The molecule has 0 bridgehead atoms. The quantitative estimate of drug-likeness (QED) is 0.284. The minimum Gasteiger partial charge on any atom is -0.355 e. The van der Waals surface area contributed by atoms with Gasteiger partial charge in [-0.3, -0.25) is 9.38 Å². The number of nitrogens with one attached hydrogen (secondary N) is 1. The summed E-state index contributed by atoms with van der Waals surface area (Å²) in [6.45, 7) is 5.89. The third kappa shape index (κ3) is 6.84. The maximum atomic E-state index is 4.83. The minimum atomic E-state index is 0.754. The van der Waals surface area contributed by atoms with E-state index in [1.807, 2.05) is 12.3 Å². The van der Waals surface area contributed by atoms with Gasteiger partial charge in [0.05, 0.1) is 5.69 Å². The monoisotopic (exact) mass is 544 g/mol. The lowest BCUT2D eigenvalue weighted by atomic mass is 9.96. The van der Waals surface area contributed by atoms with Gasteiger partial charge in [0.2, 0.25) is 0 Å². The first-order chi connectivity index (χ1) is 20.2. The molecule has 5 aromatic rings. The fourth-order valence-electron chi connectivity index (χ4n) is 5.74. The first-order valence-electron chi connectivity index (χ1n) is 14.9. The standard InChI is InChI=1S/C26H29N5.C9H11N/c1-29-14-16-30(17-15-29)26-9-5-8-25-28-24(20-31(25)26)19-27-18-21-10-12-23(13-11-21)22-6-3-2-4-7-22;1-2-6-9-8(4-1)5-3-7-10-9/h2-13,20,27H,14-19H2,1H3;3,5,7H,1-2,4,6H2. The van der Waals surface area contributed by atoms with Crippen LogP contribution in [0.2, 0.25) is 0 Å². The van der Waals surface area contributed by atoms with Crippen LogP contribution in [-0.4, -0.2) is 52.5 Å². The molecule has 6 heteroatoms. The van der Waals surface area contributed by atoms with Gasteiger partial charge in [0.1, 0.15) is 11.5 Å². The summed E-state index contributed by atoms with van der Waals surface area (Å²) in [5.41, 5.74) is 8.66. The Morgan fingerprint density at radius 1 is 0.732 bits per heavy atom. The average Bonchev–Trinajstić information content (AvgIpc) is 3.46. The summed E-state index contributed by atoms with van der Waals surface area (Å²) in [7, 11) is 2.19. The number of rotatable bonds is 6. The summed E-state index contributed by atoms with van der Waals surface area (Å²) in [6.07, 6.45) is 9.17. The van der Waals surface area contributed by atoms with Gasteiger partial charge in [-0.05, 0) is 73.2 Å². The lowest BCUT2D eigenvalue weighted by Gasteiger charge is -2.34. The molecule has 3 aromatic heterocycles. The second-order valence-electron chi connectivity index (χ2n) is 11.1. The number of anilines is 1. The fourth-order valence-corrected chi connectivity index (χ4v) is 5.74. The number of likely N-dealkylation sites (N-methyl/N-ethyl adjacent to an activating group) is 1. The van der Waals surface area contributed by atoms with Crippen LogP contribution in [-0.2, 0) is 25.9 Å². The van der Waals surface area contributed by atoms with E-state index in [-0.39, 0.29) is 0 Å². The molecular weight excluding hydrogens is 504 g/mol. The number of fused-ring (bicyclic) bond motifs is 2. The van der Waals surface area contributed by atoms with Crippen molar-refractivity contribution in [3.63, 3.8) is 0 Å². The van der Waals surface area contributed by atoms with Crippen molar-refractivity contribution in [2.45, 2.75) is 38.8 Å². The first kappa shape index (κ1) is 27.2. The Morgan fingerprint density at radius 2 is 1.51 bits per heavy atom. The van der Waals surface area contributed by atoms with Crippen LogP contribution < -0.4 is 10.2 Å². The van der Waals surface area contributed by atoms with Crippen molar-refractivity contribution >= 4 is 11.5 Å². The van der Waals surface area contributed by atoms with Gasteiger partial charge in [0, 0.05) is 57.4 Å². The van der Waals surface area contributed by atoms with Gasteiger partial charge in [0.15, 0.2) is 0 Å². The van der Waals surface area contributed by atoms with Crippen LogP contribution in [0, 0.1) is 0 Å². The zero-order chi connectivity index (χ0) is 27.9. The Balaban J connectivity index is 0.000000253. The van der Waals surface area contributed by atoms with Gasteiger partial charge >= 0.3 is 0 Å². The average molecular weight is 545 g/mol. The van der Waals surface area contributed by atoms with Crippen LogP contribution in [0.3, 0.4) is 0 Å². The second kappa shape index (κ2) is 13.1. The topological polar surface area (TPSA) is 48.7 Å². The Bertz CT molecular complexity index is 1510. The molecule has 41 heavy (non-hydrogen) atoms. The van der Waals surface area contributed by atoms with E-state index in [2.05, 4.69) is 117 Å². The molecule has 7 rings (SSSR count). The number of imidazole rings is 1. The highest BCUT2D eigenvalue weighted by Gasteiger charge is 2.17. The summed E-state index contributed by atoms with van der Waals surface area (Å²) in [4.78, 5) is 14.0. The van der Waals surface area contributed by atoms with Crippen molar-refractivity contribution in [1.82, 2.24) is 24.6 Å². The van der Waals surface area contributed by atoms with Gasteiger partial charge in [-0.25, -0.2) is 4.98 Å². The molecule has 0 atom stereocenters. The number of pyridine rings is 2. The normalized spacial score (nSPS) is 15.3. The summed E-state index contributed by atoms with van der Waals surface area (Å²) < 4.78 is 2.23. The Hall–Kier alpha value is -4.00.